The van der Waals surface area contributed by atoms with Gasteiger partial charge in [-0.25, -0.2) is 0 Å². The molecule has 24 heavy (non-hydrogen) atoms. The Morgan fingerprint density at radius 1 is 1.21 bits per heavy atom. The van der Waals surface area contributed by atoms with Gasteiger partial charge in [0.15, 0.2) is 0 Å². The summed E-state index contributed by atoms with van der Waals surface area (Å²) < 4.78 is 0. The third kappa shape index (κ3) is 4.54. The van der Waals surface area contributed by atoms with Gasteiger partial charge in [-0.1, -0.05) is 43.0 Å². The molecule has 0 saturated heterocycles. The van der Waals surface area contributed by atoms with E-state index >= 15 is 0 Å². The number of hydrogen-bond acceptors (Lipinski definition) is 2. The van der Waals surface area contributed by atoms with Crippen molar-refractivity contribution in [2.45, 2.75) is 39.0 Å². The van der Waals surface area contributed by atoms with Crippen LogP contribution >= 0.6 is 17.0 Å². The first-order chi connectivity index (χ1) is 11.1. The van der Waals surface area contributed by atoms with Crippen molar-refractivity contribution in [3.05, 3.63) is 59.3 Å². The largest absolute Gasteiger partial charge is 0.507 e. The quantitative estimate of drug-likeness (QED) is 0.723. The molecule has 0 aromatic heterocycles. The van der Waals surface area contributed by atoms with Gasteiger partial charge in [-0.15, -0.1) is 17.0 Å². The molecule has 3 rings (SSSR count). The highest BCUT2D eigenvalue weighted by atomic mass is 79.9. The van der Waals surface area contributed by atoms with Gasteiger partial charge in [-0.2, -0.15) is 0 Å². The van der Waals surface area contributed by atoms with Crippen molar-refractivity contribution in [2.75, 3.05) is 13.6 Å². The molecule has 0 bridgehead atoms. The van der Waals surface area contributed by atoms with E-state index in [0.29, 0.717) is 11.7 Å². The molecule has 1 N–H and O–H groups in total. The van der Waals surface area contributed by atoms with Crippen LogP contribution < -0.4 is 0 Å². The highest BCUT2D eigenvalue weighted by molar-refractivity contribution is 8.93. The zero-order valence-electron chi connectivity index (χ0n) is 14.7. The van der Waals surface area contributed by atoms with E-state index in [1.165, 1.54) is 48.8 Å². The van der Waals surface area contributed by atoms with E-state index < -0.39 is 0 Å². The van der Waals surface area contributed by atoms with Gasteiger partial charge >= 0.3 is 0 Å². The van der Waals surface area contributed by atoms with Crippen LogP contribution in [0.5, 0.6) is 5.75 Å². The molecule has 0 spiro atoms. The van der Waals surface area contributed by atoms with Crippen molar-refractivity contribution in [3.8, 4) is 5.75 Å². The molecule has 1 fully saturated rings. The highest BCUT2D eigenvalue weighted by Crippen LogP contribution is 2.39. The standard InChI is InChI=1S/C21H27NO.BrH/c1-16-8-9-21(23)20(14-16)19(18-6-4-3-5-7-18)15-17-10-12-22(2)13-11-17;/h8-12,14-15,18,23H,3-7,13H2,1-2H3;1H. The number of rotatable bonds is 3. The van der Waals surface area contributed by atoms with Crippen LogP contribution in [-0.2, 0) is 0 Å². The van der Waals surface area contributed by atoms with Crippen LogP contribution in [0, 0.1) is 12.8 Å². The van der Waals surface area contributed by atoms with Gasteiger partial charge in [0.25, 0.3) is 0 Å². The van der Waals surface area contributed by atoms with Crippen molar-refractivity contribution in [3.63, 3.8) is 0 Å². The number of halogens is 1. The van der Waals surface area contributed by atoms with E-state index in [-0.39, 0.29) is 17.0 Å². The first-order valence-electron chi connectivity index (χ1n) is 8.73. The van der Waals surface area contributed by atoms with Crippen molar-refractivity contribution in [2.24, 2.45) is 5.92 Å². The van der Waals surface area contributed by atoms with E-state index in [1.807, 2.05) is 12.1 Å². The molecule has 0 unspecified atom stereocenters. The lowest BCUT2D eigenvalue weighted by atomic mass is 9.79. The van der Waals surface area contributed by atoms with Gasteiger partial charge in [-0.05, 0) is 61.2 Å². The molecule has 1 aliphatic carbocycles. The molecule has 0 atom stereocenters. The Balaban J connectivity index is 0.00000208. The molecule has 2 nitrogen and oxygen atoms in total. The summed E-state index contributed by atoms with van der Waals surface area (Å²) in [5.41, 5.74) is 4.79. The minimum absolute atomic E-state index is 0. The summed E-state index contributed by atoms with van der Waals surface area (Å²) in [5.74, 6) is 0.968. The molecular formula is C21H28BrNO. The number of likely N-dealkylation sites (N-methyl/N-ethyl adjacent to an activating group) is 1. The van der Waals surface area contributed by atoms with Crippen LogP contribution in [0.2, 0.25) is 0 Å². The molecular weight excluding hydrogens is 362 g/mol. The second kappa shape index (κ2) is 8.57. The van der Waals surface area contributed by atoms with E-state index in [2.05, 4.69) is 49.4 Å². The molecule has 3 heteroatoms. The molecule has 1 aromatic rings. The Kier molecular flexibility index (Phi) is 6.73. The van der Waals surface area contributed by atoms with Gasteiger partial charge in [-0.3, -0.25) is 0 Å². The first-order valence-corrected chi connectivity index (χ1v) is 8.73. The fraction of sp³-hybridized carbons (Fsp3) is 0.429. The summed E-state index contributed by atoms with van der Waals surface area (Å²) >= 11 is 0. The summed E-state index contributed by atoms with van der Waals surface area (Å²) in [4.78, 5) is 2.17. The molecule has 1 aliphatic heterocycles. The summed E-state index contributed by atoms with van der Waals surface area (Å²) in [6.07, 6.45) is 15.3. The van der Waals surface area contributed by atoms with Crippen LogP contribution in [0.1, 0.15) is 43.2 Å². The first kappa shape index (κ1) is 18.9. The zero-order valence-corrected chi connectivity index (χ0v) is 16.4. The molecule has 2 aliphatic rings. The SMILES string of the molecule is Br.Cc1ccc(O)c(C(=CC2=CCN(C)C=C2)C2CCCCC2)c1. The van der Waals surface area contributed by atoms with Gasteiger partial charge < -0.3 is 10.0 Å². The lowest BCUT2D eigenvalue weighted by molar-refractivity contribution is 0.425. The molecule has 130 valence electrons. The Labute approximate surface area is 156 Å². The highest BCUT2D eigenvalue weighted by Gasteiger charge is 2.21. The fourth-order valence-corrected chi connectivity index (χ4v) is 3.59. The van der Waals surface area contributed by atoms with Gasteiger partial charge in [0, 0.05) is 19.2 Å². The third-order valence-electron chi connectivity index (χ3n) is 4.97. The normalized spacial score (nSPS) is 19.0. The fourth-order valence-electron chi connectivity index (χ4n) is 3.59. The lowest BCUT2D eigenvalue weighted by Crippen LogP contribution is -2.14. The number of allylic oxidation sites excluding steroid dienone is 4. The summed E-state index contributed by atoms with van der Waals surface area (Å²) in [6, 6.07) is 5.95. The van der Waals surface area contributed by atoms with Crippen molar-refractivity contribution >= 4 is 22.6 Å². The number of hydrogen-bond donors (Lipinski definition) is 1. The predicted octanol–water partition coefficient (Wildman–Crippen LogP) is 5.63. The van der Waals surface area contributed by atoms with Crippen molar-refractivity contribution in [1.82, 2.24) is 4.90 Å². The smallest absolute Gasteiger partial charge is 0.123 e. The number of phenols is 1. The van der Waals surface area contributed by atoms with Crippen LogP contribution in [0.25, 0.3) is 5.57 Å². The second-order valence-electron chi connectivity index (χ2n) is 6.91. The lowest BCUT2D eigenvalue weighted by Gasteiger charge is -2.26. The van der Waals surface area contributed by atoms with Crippen molar-refractivity contribution in [1.29, 1.82) is 0 Å². The van der Waals surface area contributed by atoms with Crippen LogP contribution in [0.4, 0.5) is 0 Å². The van der Waals surface area contributed by atoms with Crippen LogP contribution in [0.3, 0.4) is 0 Å². The van der Waals surface area contributed by atoms with Crippen LogP contribution in [-0.4, -0.2) is 23.6 Å². The number of aryl methyl sites for hydroxylation is 1. The van der Waals surface area contributed by atoms with Gasteiger partial charge in [0.1, 0.15) is 5.75 Å². The van der Waals surface area contributed by atoms with E-state index in [1.54, 1.807) is 0 Å². The van der Waals surface area contributed by atoms with E-state index in [9.17, 15) is 5.11 Å². The Bertz CT molecular complexity index is 654. The summed E-state index contributed by atoms with van der Waals surface area (Å²) in [5, 5.41) is 10.4. The van der Waals surface area contributed by atoms with E-state index in [4.69, 9.17) is 0 Å². The van der Waals surface area contributed by atoms with Crippen LogP contribution in [0.15, 0.2) is 48.2 Å². The van der Waals surface area contributed by atoms with Gasteiger partial charge in [0.2, 0.25) is 0 Å². The Morgan fingerprint density at radius 3 is 2.62 bits per heavy atom. The van der Waals surface area contributed by atoms with Gasteiger partial charge in [0.05, 0.1) is 0 Å². The minimum Gasteiger partial charge on any atom is -0.507 e. The monoisotopic (exact) mass is 389 g/mol. The molecule has 1 aromatic carbocycles. The Morgan fingerprint density at radius 2 is 1.96 bits per heavy atom. The number of benzene rings is 1. The van der Waals surface area contributed by atoms with Crippen molar-refractivity contribution < 1.29 is 5.11 Å². The predicted molar refractivity (Wildman–Crippen MR) is 108 cm³/mol. The van der Waals surface area contributed by atoms with E-state index in [0.717, 1.165) is 12.1 Å². The average Bonchev–Trinajstić information content (AvgIpc) is 2.57. The Hall–Kier alpha value is -1.48. The number of aromatic hydroxyl groups is 1. The molecule has 1 heterocycles. The molecule has 0 amide bonds. The molecule has 1 saturated carbocycles. The second-order valence-corrected chi connectivity index (χ2v) is 6.91. The summed E-state index contributed by atoms with van der Waals surface area (Å²) in [7, 11) is 2.09. The number of nitrogens with zero attached hydrogens (tertiary/aromatic N) is 1. The number of phenolic OH excluding ortho intramolecular Hbond substituents is 1. The maximum atomic E-state index is 10.4. The topological polar surface area (TPSA) is 23.5 Å². The zero-order chi connectivity index (χ0) is 16.2. The molecule has 0 radical (unpaired) electrons. The maximum Gasteiger partial charge on any atom is 0.123 e. The minimum atomic E-state index is 0. The third-order valence-corrected chi connectivity index (χ3v) is 4.97. The maximum absolute atomic E-state index is 10.4. The summed E-state index contributed by atoms with van der Waals surface area (Å²) in [6.45, 7) is 3.04. The average molecular weight is 390 g/mol.